The highest BCUT2D eigenvalue weighted by Crippen LogP contribution is 2.11. The van der Waals surface area contributed by atoms with Gasteiger partial charge in [-0.1, -0.05) is 0 Å². The van der Waals surface area contributed by atoms with Crippen molar-refractivity contribution in [3.8, 4) is 6.01 Å². The molecular weight excluding hydrogens is 292 g/mol. The summed E-state index contributed by atoms with van der Waals surface area (Å²) in [6.07, 6.45) is 0.898. The van der Waals surface area contributed by atoms with Crippen LogP contribution in [0.25, 0.3) is 0 Å². The van der Waals surface area contributed by atoms with Crippen LogP contribution in [0.15, 0.2) is 6.07 Å². The van der Waals surface area contributed by atoms with Gasteiger partial charge in [0, 0.05) is 18.8 Å². The van der Waals surface area contributed by atoms with Crippen molar-refractivity contribution in [3.05, 3.63) is 22.7 Å². The molecule has 0 aliphatic heterocycles. The Morgan fingerprint density at radius 1 is 1.29 bits per heavy atom. The third kappa shape index (κ3) is 4.56. The van der Waals surface area contributed by atoms with Gasteiger partial charge < -0.3 is 10.1 Å². The summed E-state index contributed by atoms with van der Waals surface area (Å²) < 4.78 is 7.21. The van der Waals surface area contributed by atoms with Crippen molar-refractivity contribution in [3.63, 3.8) is 0 Å². The van der Waals surface area contributed by atoms with E-state index in [2.05, 4.69) is 31.4 Å². The smallest absolute Gasteiger partial charge is 0.322 e. The zero-order chi connectivity index (χ0) is 15.2. The normalized spacial score (nSPS) is 10.7. The van der Waals surface area contributed by atoms with Gasteiger partial charge in [-0.25, -0.2) is 0 Å². The summed E-state index contributed by atoms with van der Waals surface area (Å²) in [5.74, 6) is 0.423. The van der Waals surface area contributed by atoms with E-state index in [4.69, 9.17) is 16.3 Å². The molecule has 7 nitrogen and oxygen atoms in total. The molecule has 21 heavy (non-hydrogen) atoms. The summed E-state index contributed by atoms with van der Waals surface area (Å²) in [5.41, 5.74) is 2.19. The topological polar surface area (TPSA) is 77.8 Å². The maximum absolute atomic E-state index is 5.82. The number of nitrogens with one attached hydrogen (secondary N) is 1. The Bertz CT molecular complexity index is 600. The van der Waals surface area contributed by atoms with E-state index in [1.165, 1.54) is 0 Å². The first-order chi connectivity index (χ1) is 10.1. The number of halogens is 1. The summed E-state index contributed by atoms with van der Waals surface area (Å²) in [4.78, 5) is 12.0. The number of aromatic nitrogens is 5. The number of nitrogens with zero attached hydrogens (tertiary/aromatic N) is 5. The molecule has 2 aromatic heterocycles. The molecule has 114 valence electrons. The van der Waals surface area contributed by atoms with Crippen LogP contribution in [0.2, 0.25) is 5.28 Å². The summed E-state index contributed by atoms with van der Waals surface area (Å²) in [6, 6.07) is 2.30. The van der Waals surface area contributed by atoms with Crippen molar-refractivity contribution < 1.29 is 4.74 Å². The molecule has 0 spiro atoms. The van der Waals surface area contributed by atoms with Crippen LogP contribution in [0.1, 0.15) is 24.7 Å². The summed E-state index contributed by atoms with van der Waals surface area (Å²) in [5, 5.41) is 7.65. The van der Waals surface area contributed by atoms with E-state index in [9.17, 15) is 0 Å². The molecule has 2 heterocycles. The van der Waals surface area contributed by atoms with Crippen LogP contribution in [0, 0.1) is 13.8 Å². The molecule has 0 amide bonds. The molecule has 0 bridgehead atoms. The number of hydrogen-bond donors (Lipinski definition) is 1. The molecule has 0 aliphatic rings. The fourth-order valence-electron chi connectivity index (χ4n) is 1.93. The van der Waals surface area contributed by atoms with Gasteiger partial charge in [-0.15, -0.1) is 0 Å². The first-order valence-electron chi connectivity index (χ1n) is 6.87. The number of aryl methyl sites for hydroxylation is 3. The molecule has 0 fully saturated rings. The van der Waals surface area contributed by atoms with Crippen LogP contribution in [-0.2, 0) is 6.54 Å². The highest BCUT2D eigenvalue weighted by Gasteiger charge is 2.05. The van der Waals surface area contributed by atoms with E-state index in [1.807, 2.05) is 25.5 Å². The van der Waals surface area contributed by atoms with E-state index in [0.29, 0.717) is 19.1 Å². The Kier molecular flexibility index (Phi) is 5.32. The molecule has 0 saturated carbocycles. The lowest BCUT2D eigenvalue weighted by atomic mass is 10.4. The highest BCUT2D eigenvalue weighted by molar-refractivity contribution is 6.28. The number of ether oxygens (including phenoxy) is 1. The van der Waals surface area contributed by atoms with Crippen LogP contribution in [0.4, 0.5) is 5.95 Å². The first kappa shape index (κ1) is 15.5. The van der Waals surface area contributed by atoms with E-state index in [1.54, 1.807) is 0 Å². The minimum Gasteiger partial charge on any atom is -0.464 e. The lowest BCUT2D eigenvalue weighted by Gasteiger charge is -2.07. The van der Waals surface area contributed by atoms with Crippen molar-refractivity contribution in [2.75, 3.05) is 18.5 Å². The van der Waals surface area contributed by atoms with Crippen LogP contribution < -0.4 is 10.1 Å². The predicted octanol–water partition coefficient (Wildman–Crippen LogP) is 2.24. The second-order valence-electron chi connectivity index (χ2n) is 4.57. The Morgan fingerprint density at radius 2 is 2.10 bits per heavy atom. The molecule has 8 heteroatoms. The quantitative estimate of drug-likeness (QED) is 0.790. The van der Waals surface area contributed by atoms with Gasteiger partial charge in [-0.3, -0.25) is 4.68 Å². The minimum atomic E-state index is 0.120. The lowest BCUT2D eigenvalue weighted by Crippen LogP contribution is -2.11. The number of rotatable bonds is 7. The molecule has 0 atom stereocenters. The molecule has 0 unspecified atom stereocenters. The van der Waals surface area contributed by atoms with Crippen molar-refractivity contribution in [1.29, 1.82) is 0 Å². The van der Waals surface area contributed by atoms with Crippen molar-refractivity contribution in [1.82, 2.24) is 24.7 Å². The Hall–Kier alpha value is -1.89. The monoisotopic (exact) mass is 310 g/mol. The van der Waals surface area contributed by atoms with Crippen LogP contribution in [-0.4, -0.2) is 37.9 Å². The van der Waals surface area contributed by atoms with Gasteiger partial charge in [0.1, 0.15) is 0 Å². The molecule has 2 aromatic rings. The fraction of sp³-hybridized carbons (Fsp3) is 0.538. The van der Waals surface area contributed by atoms with Crippen LogP contribution in [0.3, 0.4) is 0 Å². The van der Waals surface area contributed by atoms with Gasteiger partial charge in [0.2, 0.25) is 11.2 Å². The second-order valence-corrected chi connectivity index (χ2v) is 4.91. The molecule has 0 aliphatic carbocycles. The second kappa shape index (κ2) is 7.21. The first-order valence-corrected chi connectivity index (χ1v) is 7.25. The third-order valence-corrected chi connectivity index (χ3v) is 2.96. The summed E-state index contributed by atoms with van der Waals surface area (Å²) in [6.45, 7) is 7.93. The molecule has 0 saturated heterocycles. The third-order valence-electron chi connectivity index (χ3n) is 2.79. The SMILES string of the molecule is CCOc1nc(Cl)nc(NCCCn2nc(C)cc2C)n1. The van der Waals surface area contributed by atoms with Gasteiger partial charge >= 0.3 is 6.01 Å². The van der Waals surface area contributed by atoms with Crippen LogP contribution >= 0.6 is 11.6 Å². The van der Waals surface area contributed by atoms with E-state index >= 15 is 0 Å². The Morgan fingerprint density at radius 3 is 2.76 bits per heavy atom. The zero-order valence-electron chi connectivity index (χ0n) is 12.4. The summed E-state index contributed by atoms with van der Waals surface area (Å²) in [7, 11) is 0. The summed E-state index contributed by atoms with van der Waals surface area (Å²) >= 11 is 5.82. The maximum Gasteiger partial charge on any atom is 0.322 e. The Balaban J connectivity index is 1.84. The molecule has 0 aromatic carbocycles. The molecule has 1 N–H and O–H groups in total. The van der Waals surface area contributed by atoms with Gasteiger partial charge in [0.25, 0.3) is 0 Å². The van der Waals surface area contributed by atoms with Gasteiger partial charge in [0.05, 0.1) is 12.3 Å². The minimum absolute atomic E-state index is 0.120. The molecular formula is C13H19ClN6O. The van der Waals surface area contributed by atoms with Gasteiger partial charge in [-0.2, -0.15) is 20.1 Å². The van der Waals surface area contributed by atoms with Crippen LogP contribution in [0.5, 0.6) is 6.01 Å². The molecule has 2 rings (SSSR count). The molecule has 0 radical (unpaired) electrons. The van der Waals surface area contributed by atoms with Crippen molar-refractivity contribution in [2.45, 2.75) is 33.7 Å². The number of hydrogen-bond acceptors (Lipinski definition) is 6. The van der Waals surface area contributed by atoms with Crippen molar-refractivity contribution >= 4 is 17.5 Å². The van der Waals surface area contributed by atoms with E-state index < -0.39 is 0 Å². The number of anilines is 1. The highest BCUT2D eigenvalue weighted by atomic mass is 35.5. The largest absolute Gasteiger partial charge is 0.464 e. The van der Waals surface area contributed by atoms with E-state index in [0.717, 1.165) is 24.4 Å². The average Bonchev–Trinajstić information content (AvgIpc) is 2.73. The average molecular weight is 311 g/mol. The standard InChI is InChI=1S/C13H19ClN6O/c1-4-21-13-17-11(14)16-12(18-13)15-6-5-7-20-10(3)8-9(2)19-20/h8H,4-7H2,1-3H3,(H,15,16,17,18). The van der Waals surface area contributed by atoms with Gasteiger partial charge in [-0.05, 0) is 44.9 Å². The predicted molar refractivity (Wildman–Crippen MR) is 80.8 cm³/mol. The lowest BCUT2D eigenvalue weighted by molar-refractivity contribution is 0.312. The Labute approximate surface area is 128 Å². The van der Waals surface area contributed by atoms with E-state index in [-0.39, 0.29) is 11.3 Å². The van der Waals surface area contributed by atoms with Crippen molar-refractivity contribution in [2.24, 2.45) is 0 Å². The van der Waals surface area contributed by atoms with Gasteiger partial charge in [0.15, 0.2) is 0 Å². The fourth-order valence-corrected chi connectivity index (χ4v) is 2.09. The maximum atomic E-state index is 5.82. The zero-order valence-corrected chi connectivity index (χ0v) is 13.2.